The van der Waals surface area contributed by atoms with Crippen molar-refractivity contribution >= 4 is 225 Å². The zero-order valence-corrected chi connectivity index (χ0v) is 73.7. The summed E-state index contributed by atoms with van der Waals surface area (Å²) in [6.45, 7) is 16.1. The molecule has 36 heteroatoms. The molecule has 0 spiro atoms. The number of carboxylic acid groups (broad SMARTS) is 1. The van der Waals surface area contributed by atoms with Crippen molar-refractivity contribution in [1.82, 2.24) is 39.3 Å². The highest BCUT2D eigenvalue weighted by Crippen LogP contribution is 2.49. The number of esters is 3. The molecule has 0 unspecified atom stereocenters. The molecule has 0 radical (unpaired) electrons. The molecular formula is C83H79Br2Cl7FIN12O13. The van der Waals surface area contributed by atoms with Gasteiger partial charge in [0, 0.05) is 61.9 Å². The topological polar surface area (TPSA) is 315 Å². The first-order valence-corrected chi connectivity index (χ1v) is 40.7. The van der Waals surface area contributed by atoms with Crippen LogP contribution in [-0.4, -0.2) is 131 Å². The lowest BCUT2D eigenvalue weighted by Crippen LogP contribution is -2.47. The molecule has 0 bridgehead atoms. The van der Waals surface area contributed by atoms with Crippen LogP contribution in [0.3, 0.4) is 0 Å². The van der Waals surface area contributed by atoms with Gasteiger partial charge in [-0.1, -0.05) is 183 Å². The number of nitrogens with one attached hydrogen (secondary N) is 2. The first kappa shape index (κ1) is 92.3. The predicted octanol–water partition coefficient (Wildman–Crippen LogP) is 18.1. The Kier molecular flexibility index (Phi) is 29.8. The highest BCUT2D eigenvalue weighted by molar-refractivity contribution is 14.1. The average Bonchev–Trinajstić information content (AvgIpc) is 1.56. The lowest BCUT2D eigenvalue weighted by atomic mass is 9.91. The summed E-state index contributed by atoms with van der Waals surface area (Å²) < 4.78 is 38.2. The van der Waals surface area contributed by atoms with E-state index in [1.165, 1.54) is 56.1 Å². The zero-order valence-electron chi connectivity index (χ0n) is 64.0. The average molecular weight is 2010 g/mol. The van der Waals surface area contributed by atoms with Gasteiger partial charge in [-0.15, -0.1) is 12.4 Å². The SMILES string of the molecule is C.C=CCOC(=O)C1(N)CC1.C=CCOC(=O)C1(NC(=O)c2cnc3n2[C@](C)(Cc2ccc(Br)cc2)C(=O)N3c2cc(Cl)cc(Cl)c2)CC1.C=CCOC(=O)C1(NC(=O)c2cnc3n2[C@](C)(Cc2ccc(I)cc2)C(=O)N3c2cc(Cl)cc(Cl)c2)CC1.C[C@@]1(Cc2ccc(Br)cc2)C(=O)N(c2cc(Cl)cc(Cl)c2)c2ncc(C(=O)O)n21.Cl.[2H]CF. The van der Waals surface area contributed by atoms with Crippen molar-refractivity contribution in [2.45, 2.75) is 119 Å². The van der Waals surface area contributed by atoms with E-state index in [9.17, 15) is 52.6 Å². The normalized spacial score (nSPS) is 18.5. The second kappa shape index (κ2) is 38.4. The first-order valence-electron chi connectivity index (χ1n) is 36.4. The van der Waals surface area contributed by atoms with E-state index in [1.54, 1.807) is 84.5 Å². The van der Waals surface area contributed by atoms with E-state index >= 15 is 0 Å². The maximum atomic E-state index is 14.1. The highest BCUT2D eigenvalue weighted by atomic mass is 127. The van der Waals surface area contributed by atoms with Crippen LogP contribution in [0, 0.1) is 3.57 Å². The second-order valence-electron chi connectivity index (χ2n) is 28.6. The van der Waals surface area contributed by atoms with Crippen LogP contribution in [0.25, 0.3) is 0 Å². The van der Waals surface area contributed by atoms with Gasteiger partial charge in [-0.2, -0.15) is 0 Å². The number of amides is 5. The van der Waals surface area contributed by atoms with Gasteiger partial charge in [0.05, 0.1) is 44.2 Å². The van der Waals surface area contributed by atoms with Gasteiger partial charge < -0.3 is 35.7 Å². The van der Waals surface area contributed by atoms with Crippen molar-refractivity contribution in [3.63, 3.8) is 0 Å². The molecule has 3 fully saturated rings. The number of aromatic nitrogens is 6. The molecule has 3 aliphatic heterocycles. The first-order chi connectivity index (χ1) is 56.0. The number of nitrogens with two attached hydrogens (primary N) is 1. The van der Waals surface area contributed by atoms with Crippen LogP contribution >= 0.6 is 136 Å². The molecule has 3 saturated carbocycles. The van der Waals surface area contributed by atoms with Gasteiger partial charge in [-0.05, 0) is 190 Å². The molecule has 6 aromatic carbocycles. The molecular weight excluding hydrogens is 1930 g/mol. The standard InChI is InChI=1S/C27H23BrCl2N4O4.C27H23Cl2IN4O4.C20H14BrCl2N3O3.C7H11NO2.CH3F.CH4.ClH/c1-3-10-38-24(37)27(8-9-27)32-22(35)21-15-31-25-33(20-12-18(29)11-19(30)13-20)23(36)26(2,34(21)25)14-16-4-6-17(28)7-5-16;1-3-10-38-24(37)27(8-9-27)32-22(35)21-15-31-25-33(20-12-17(28)11-18(29)13-20)23(36)26(2,34(21)25)14-16-4-6-19(30)7-5-16;1-20(9-11-2-4-12(21)5-3-11)18(29)25(15-7-13(22)6-14(23)8-15)19-24-10-16(17(27)28)26(19)20;1-2-5-10-6(9)7(8)3-4-7;1-2;;/h2*3-7,11-13,15H,1,8-10,14H2,2H3,(H,32,35);2-8,10H,9H2,1H3,(H,27,28);2H,1,3-5,8H2;1H3;1H4;1H/t2*26-;20-;;;;/m111..../s1/i;;;;1D;;. The van der Waals surface area contributed by atoms with E-state index in [4.69, 9.17) is 90.9 Å². The molecule has 3 atom stereocenters. The van der Waals surface area contributed by atoms with Crippen LogP contribution in [0.4, 0.5) is 39.3 Å². The third kappa shape index (κ3) is 20.0. The van der Waals surface area contributed by atoms with Crippen molar-refractivity contribution in [3.05, 3.63) is 260 Å². The minimum atomic E-state index is -1.22. The molecule has 626 valence electrons. The quantitative estimate of drug-likeness (QED) is 0.0200. The molecule has 5 N–H and O–H groups in total. The molecule has 5 amide bonds. The molecule has 25 nitrogen and oxygen atoms in total. The van der Waals surface area contributed by atoms with E-state index in [0.717, 1.165) is 42.0 Å². The van der Waals surface area contributed by atoms with E-state index in [-0.39, 0.29) is 111 Å². The Bertz CT molecular complexity index is 5200. The summed E-state index contributed by atoms with van der Waals surface area (Å²) >= 11 is 46.3. The molecule has 3 aromatic heterocycles. The van der Waals surface area contributed by atoms with Gasteiger partial charge in [0.25, 0.3) is 29.5 Å². The van der Waals surface area contributed by atoms with E-state index < -0.39 is 70.1 Å². The Morgan fingerprint density at radius 3 is 1.05 bits per heavy atom. The third-order valence-corrected chi connectivity index (χ3v) is 23.0. The number of carbonyl (C=O) groups excluding carboxylic acids is 8. The second-order valence-corrected chi connectivity index (χ2v) is 34.3. The summed E-state index contributed by atoms with van der Waals surface area (Å²) in [7, 11) is -1.00. The fourth-order valence-electron chi connectivity index (χ4n) is 13.6. The number of fused-ring (bicyclic) bond motifs is 3. The summed E-state index contributed by atoms with van der Waals surface area (Å²) in [5.41, 5.74) is 3.24. The number of carboxylic acids is 1. The van der Waals surface area contributed by atoms with Gasteiger partial charge in [-0.25, -0.2) is 44.0 Å². The number of alkyl halides is 1. The zero-order chi connectivity index (χ0) is 85.7. The molecule has 15 rings (SSSR count). The number of hydrogen-bond acceptors (Lipinski definition) is 16. The number of anilines is 6. The summed E-state index contributed by atoms with van der Waals surface area (Å²) in [4.78, 5) is 134. The van der Waals surface area contributed by atoms with Crippen molar-refractivity contribution in [1.29, 1.82) is 0 Å². The fourth-order valence-corrected chi connectivity index (χ4v) is 16.0. The minimum absolute atomic E-state index is 0. The van der Waals surface area contributed by atoms with Gasteiger partial charge in [-0.3, -0.25) is 46.9 Å². The Morgan fingerprint density at radius 1 is 0.513 bits per heavy atom. The Balaban J connectivity index is 0.000000190. The van der Waals surface area contributed by atoms with E-state index in [2.05, 4.69) is 99.8 Å². The van der Waals surface area contributed by atoms with Crippen LogP contribution in [0.15, 0.2) is 193 Å². The molecule has 119 heavy (non-hydrogen) atoms. The number of ether oxygens (including phenoxy) is 3. The van der Waals surface area contributed by atoms with Gasteiger partial charge >= 0.3 is 23.9 Å². The lowest BCUT2D eigenvalue weighted by molar-refractivity contribution is -0.146. The molecule has 0 saturated heterocycles. The van der Waals surface area contributed by atoms with Crippen LogP contribution in [-0.2, 0) is 78.9 Å². The summed E-state index contributed by atoms with van der Waals surface area (Å²) in [5, 5.41) is 17.4. The van der Waals surface area contributed by atoms with Crippen LogP contribution in [0.2, 0.25) is 30.1 Å². The predicted molar refractivity (Wildman–Crippen MR) is 473 cm³/mol. The van der Waals surface area contributed by atoms with Gasteiger partial charge in [0.2, 0.25) is 17.8 Å². The molecule has 3 aliphatic carbocycles. The molecule has 9 aromatic rings. The van der Waals surface area contributed by atoms with Crippen molar-refractivity contribution in [2.24, 2.45) is 5.73 Å². The third-order valence-electron chi connectivity index (χ3n) is 19.9. The number of rotatable bonds is 23. The van der Waals surface area contributed by atoms with Gasteiger partial charge in [0.1, 0.15) is 70.1 Å². The lowest BCUT2D eigenvalue weighted by Gasteiger charge is -2.27. The molecule has 6 heterocycles. The van der Waals surface area contributed by atoms with Crippen molar-refractivity contribution in [3.8, 4) is 0 Å². The number of benzene rings is 6. The monoisotopic (exact) mass is 2000 g/mol. The highest BCUT2D eigenvalue weighted by Gasteiger charge is 2.58. The maximum Gasteiger partial charge on any atom is 0.354 e. The maximum absolute atomic E-state index is 14.1. The smallest absolute Gasteiger partial charge is 0.354 e. The summed E-state index contributed by atoms with van der Waals surface area (Å²) in [5.74, 6) is -3.74. The number of carbonyl (C=O) groups is 9. The number of hydrogen-bond donors (Lipinski definition) is 4. The molecule has 6 aliphatic rings. The number of halogens is 11. The van der Waals surface area contributed by atoms with Gasteiger partial charge in [0.15, 0.2) is 0 Å². The van der Waals surface area contributed by atoms with Crippen LogP contribution in [0.1, 0.15) is 116 Å². The van der Waals surface area contributed by atoms with E-state index in [1.807, 2.05) is 72.8 Å². The largest absolute Gasteiger partial charge is 0.477 e. The Labute approximate surface area is 752 Å². The minimum Gasteiger partial charge on any atom is -0.477 e. The van der Waals surface area contributed by atoms with Crippen molar-refractivity contribution in [2.75, 3.05) is 41.7 Å². The van der Waals surface area contributed by atoms with Crippen LogP contribution < -0.4 is 31.1 Å². The Morgan fingerprint density at radius 2 is 0.782 bits per heavy atom. The van der Waals surface area contributed by atoms with Crippen molar-refractivity contribution < 1.29 is 68.2 Å². The van der Waals surface area contributed by atoms with E-state index in [0.29, 0.717) is 79.3 Å². The number of imidazole rings is 3. The summed E-state index contributed by atoms with van der Waals surface area (Å²) in [6, 6.07) is 37.3. The summed E-state index contributed by atoms with van der Waals surface area (Å²) in [6.07, 6.45) is 12.7. The fraction of sp³-hybridized carbons (Fsp3) is 0.277. The Hall–Kier alpha value is -8.99. The number of nitrogens with zero attached hydrogens (tertiary/aromatic N) is 9. The van der Waals surface area contributed by atoms with Crippen LogP contribution in [0.5, 0.6) is 0 Å². The number of aromatic carboxylic acids is 1.